The van der Waals surface area contributed by atoms with Crippen LogP contribution in [0, 0.1) is 0 Å². The Morgan fingerprint density at radius 1 is 0.536 bits per heavy atom. The molecule has 2 nitrogen and oxygen atoms in total. The SMILES string of the molecule is O=C(c1ccccc1)c1ccccc1[SH](=O)(c1ccccc1)c1ccccc1. The molecule has 138 valence electrons. The molecule has 4 aromatic rings. The van der Waals surface area contributed by atoms with E-state index in [2.05, 4.69) is 0 Å². The van der Waals surface area contributed by atoms with Crippen molar-refractivity contribution in [2.24, 2.45) is 0 Å². The molecule has 0 aliphatic rings. The molecular weight excluding hydrogens is 364 g/mol. The predicted molar refractivity (Wildman–Crippen MR) is 114 cm³/mol. The Morgan fingerprint density at radius 2 is 0.964 bits per heavy atom. The smallest absolute Gasteiger partial charge is 0.194 e. The van der Waals surface area contributed by atoms with Crippen molar-refractivity contribution in [3.8, 4) is 0 Å². The van der Waals surface area contributed by atoms with Gasteiger partial charge >= 0.3 is 0 Å². The lowest BCUT2D eigenvalue weighted by molar-refractivity contribution is 0.103. The fourth-order valence-electron chi connectivity index (χ4n) is 3.39. The van der Waals surface area contributed by atoms with Crippen molar-refractivity contribution in [2.45, 2.75) is 14.7 Å². The quantitative estimate of drug-likeness (QED) is 0.369. The maximum absolute atomic E-state index is 14.6. The molecule has 0 N–H and O–H groups in total. The first kappa shape index (κ1) is 18.1. The van der Waals surface area contributed by atoms with Gasteiger partial charge in [-0.25, -0.2) is 0 Å². The van der Waals surface area contributed by atoms with Crippen LogP contribution in [0.25, 0.3) is 0 Å². The van der Waals surface area contributed by atoms with Crippen LogP contribution in [-0.2, 0) is 9.93 Å². The Hall–Kier alpha value is -3.30. The van der Waals surface area contributed by atoms with E-state index in [-0.39, 0.29) is 5.78 Å². The van der Waals surface area contributed by atoms with Gasteiger partial charge in [0, 0.05) is 25.8 Å². The number of rotatable bonds is 5. The molecule has 0 fully saturated rings. The van der Waals surface area contributed by atoms with E-state index in [9.17, 15) is 9.00 Å². The number of thiol groups is 1. The van der Waals surface area contributed by atoms with Crippen LogP contribution in [0.15, 0.2) is 130 Å². The number of hydrogen-bond acceptors (Lipinski definition) is 2. The molecular formula is C25H20O2S. The second-order valence-corrected chi connectivity index (χ2v) is 9.23. The van der Waals surface area contributed by atoms with Gasteiger partial charge in [0.1, 0.15) is 0 Å². The van der Waals surface area contributed by atoms with Gasteiger partial charge in [0.15, 0.2) is 5.78 Å². The Morgan fingerprint density at radius 3 is 1.50 bits per heavy atom. The summed E-state index contributed by atoms with van der Waals surface area (Å²) in [5, 5.41) is 0. The molecule has 0 unspecified atom stereocenters. The Balaban J connectivity index is 1.97. The summed E-state index contributed by atoms with van der Waals surface area (Å²) in [6.45, 7) is 0. The van der Waals surface area contributed by atoms with Gasteiger partial charge in [0.2, 0.25) is 0 Å². The van der Waals surface area contributed by atoms with Gasteiger partial charge < -0.3 is 0 Å². The molecule has 0 aliphatic carbocycles. The minimum atomic E-state index is -3.21. The Bertz CT molecular complexity index is 1090. The lowest BCUT2D eigenvalue weighted by Crippen LogP contribution is -2.18. The number of carbonyl (C=O) groups excluding carboxylic acids is 1. The molecule has 0 saturated carbocycles. The highest BCUT2D eigenvalue weighted by atomic mass is 32.2. The highest BCUT2D eigenvalue weighted by Gasteiger charge is 2.28. The predicted octanol–water partition coefficient (Wildman–Crippen LogP) is 5.41. The molecule has 0 aromatic heterocycles. The van der Waals surface area contributed by atoms with Crippen LogP contribution in [0.4, 0.5) is 0 Å². The molecule has 0 heterocycles. The van der Waals surface area contributed by atoms with E-state index in [0.717, 1.165) is 9.79 Å². The van der Waals surface area contributed by atoms with E-state index in [1.807, 2.05) is 97.1 Å². The van der Waals surface area contributed by atoms with Gasteiger partial charge in [-0.1, -0.05) is 78.9 Å². The van der Waals surface area contributed by atoms with Gasteiger partial charge in [0.25, 0.3) is 0 Å². The van der Waals surface area contributed by atoms with E-state index in [1.54, 1.807) is 18.2 Å². The fraction of sp³-hybridized carbons (Fsp3) is 0. The standard InChI is InChI=1S/C25H20O2S/c26-25(20-12-4-1-5-13-20)23-18-10-11-19-24(23)28(27,21-14-6-2-7-15-21)22-16-8-3-9-17-22/h1-19,28H. The Kier molecular flexibility index (Phi) is 5.00. The normalized spacial score (nSPS) is 11.7. The topological polar surface area (TPSA) is 34.1 Å². The number of benzene rings is 4. The van der Waals surface area contributed by atoms with E-state index < -0.39 is 9.93 Å². The summed E-state index contributed by atoms with van der Waals surface area (Å²) in [5.74, 6) is -0.122. The monoisotopic (exact) mass is 384 g/mol. The number of ketones is 1. The molecule has 0 aliphatic heterocycles. The average molecular weight is 385 g/mol. The zero-order valence-corrected chi connectivity index (χ0v) is 16.1. The van der Waals surface area contributed by atoms with Crippen molar-refractivity contribution in [1.82, 2.24) is 0 Å². The summed E-state index contributed by atoms with van der Waals surface area (Å²) in [4.78, 5) is 15.3. The molecule has 3 heteroatoms. The average Bonchev–Trinajstić information content (AvgIpc) is 2.80. The van der Waals surface area contributed by atoms with Crippen molar-refractivity contribution < 1.29 is 9.00 Å². The zero-order valence-electron chi connectivity index (χ0n) is 15.2. The minimum Gasteiger partial charge on any atom is -0.289 e. The lowest BCUT2D eigenvalue weighted by atomic mass is 10.0. The maximum atomic E-state index is 14.6. The van der Waals surface area contributed by atoms with Crippen molar-refractivity contribution in [2.75, 3.05) is 0 Å². The van der Waals surface area contributed by atoms with Gasteiger partial charge in [-0.2, -0.15) is 0 Å². The summed E-state index contributed by atoms with van der Waals surface area (Å²) in [6, 6.07) is 35.2. The second-order valence-electron chi connectivity index (χ2n) is 6.49. The van der Waals surface area contributed by atoms with Crippen molar-refractivity contribution in [3.05, 3.63) is 126 Å². The van der Waals surface area contributed by atoms with E-state index in [1.165, 1.54) is 0 Å². The molecule has 0 radical (unpaired) electrons. The molecule has 0 amide bonds. The molecule has 0 saturated heterocycles. The first-order valence-corrected chi connectivity index (χ1v) is 10.8. The first-order valence-electron chi connectivity index (χ1n) is 9.12. The molecule has 0 atom stereocenters. The van der Waals surface area contributed by atoms with Gasteiger partial charge in [-0.3, -0.25) is 9.00 Å². The highest BCUT2D eigenvalue weighted by molar-refractivity contribution is 8.03. The molecule has 4 aromatic carbocycles. The van der Waals surface area contributed by atoms with E-state index >= 15 is 0 Å². The Labute approximate surface area is 165 Å². The summed E-state index contributed by atoms with van der Waals surface area (Å²) in [6.07, 6.45) is 0. The van der Waals surface area contributed by atoms with Crippen molar-refractivity contribution >= 4 is 15.7 Å². The van der Waals surface area contributed by atoms with E-state index in [4.69, 9.17) is 0 Å². The maximum Gasteiger partial charge on any atom is 0.194 e. The van der Waals surface area contributed by atoms with Crippen LogP contribution in [0.5, 0.6) is 0 Å². The lowest BCUT2D eigenvalue weighted by Gasteiger charge is -2.27. The molecule has 28 heavy (non-hydrogen) atoms. The number of carbonyl (C=O) groups is 1. The van der Waals surface area contributed by atoms with Crippen LogP contribution in [0.3, 0.4) is 0 Å². The van der Waals surface area contributed by atoms with Gasteiger partial charge in [0.05, 0.1) is 0 Å². The highest BCUT2D eigenvalue weighted by Crippen LogP contribution is 2.38. The summed E-state index contributed by atoms with van der Waals surface area (Å²) < 4.78 is 14.6. The van der Waals surface area contributed by atoms with E-state index in [0.29, 0.717) is 16.0 Å². The first-order chi connectivity index (χ1) is 13.7. The zero-order chi connectivity index (χ0) is 19.4. The van der Waals surface area contributed by atoms with Crippen molar-refractivity contribution in [3.63, 3.8) is 0 Å². The third-order valence-corrected chi connectivity index (χ3v) is 7.88. The fourth-order valence-corrected chi connectivity index (χ4v) is 6.24. The van der Waals surface area contributed by atoms with Crippen LogP contribution in [0.1, 0.15) is 15.9 Å². The van der Waals surface area contributed by atoms with Crippen LogP contribution < -0.4 is 0 Å². The van der Waals surface area contributed by atoms with Crippen molar-refractivity contribution in [1.29, 1.82) is 0 Å². The summed E-state index contributed by atoms with van der Waals surface area (Å²) in [7, 11) is -3.21. The summed E-state index contributed by atoms with van der Waals surface area (Å²) >= 11 is 0. The third-order valence-electron chi connectivity index (χ3n) is 4.76. The van der Waals surface area contributed by atoms with Crippen LogP contribution in [0.2, 0.25) is 0 Å². The molecule has 0 bridgehead atoms. The number of hydrogen-bond donors (Lipinski definition) is 1. The minimum absolute atomic E-state index is 0.122. The second kappa shape index (κ2) is 7.75. The molecule has 0 spiro atoms. The van der Waals surface area contributed by atoms with Gasteiger partial charge in [-0.05, 0) is 46.3 Å². The van der Waals surface area contributed by atoms with Gasteiger partial charge in [-0.15, -0.1) is 0 Å². The summed E-state index contributed by atoms with van der Waals surface area (Å²) in [5.41, 5.74) is 1.06. The van der Waals surface area contributed by atoms with Crippen LogP contribution >= 0.6 is 0 Å². The molecule has 4 rings (SSSR count). The third kappa shape index (κ3) is 3.21. The largest absolute Gasteiger partial charge is 0.289 e. The van der Waals surface area contributed by atoms with Crippen LogP contribution in [-0.4, -0.2) is 9.99 Å².